The van der Waals surface area contributed by atoms with E-state index in [9.17, 15) is 24.3 Å². The van der Waals surface area contributed by atoms with E-state index in [1.54, 1.807) is 71.4 Å². The highest BCUT2D eigenvalue weighted by Gasteiger charge is 2.38. The number of hydrogen-bond donors (Lipinski definition) is 4. The number of aromatic carboxylic acids is 2. The molecular formula is C76H87N5O8. The van der Waals surface area contributed by atoms with Gasteiger partial charge in [-0.1, -0.05) is 141 Å². The van der Waals surface area contributed by atoms with E-state index in [1.165, 1.54) is 95.3 Å². The molecule has 4 N–H and O–H groups in total. The Labute approximate surface area is 525 Å². The number of aromatic nitrogens is 4. The van der Waals surface area contributed by atoms with Gasteiger partial charge >= 0.3 is 17.9 Å². The third-order valence-electron chi connectivity index (χ3n) is 17.9. The Morgan fingerprint density at radius 2 is 1.11 bits per heavy atom. The number of allylic oxidation sites excluding steroid dienone is 9. The van der Waals surface area contributed by atoms with Crippen LogP contribution in [0.5, 0.6) is 11.6 Å². The first-order chi connectivity index (χ1) is 41.8. The van der Waals surface area contributed by atoms with Crippen molar-refractivity contribution in [2.45, 2.75) is 164 Å². The van der Waals surface area contributed by atoms with E-state index < -0.39 is 17.9 Å². The number of nitrogens with zero attached hydrogens (tertiary/aromatic N) is 4. The van der Waals surface area contributed by atoms with Crippen LogP contribution in [0.1, 0.15) is 185 Å². The average Bonchev–Trinajstić information content (AvgIpc) is 1.36. The summed E-state index contributed by atoms with van der Waals surface area (Å²) in [4.78, 5) is 45.3. The van der Waals surface area contributed by atoms with Crippen LogP contribution < -0.4 is 10.1 Å². The predicted molar refractivity (Wildman–Crippen MR) is 357 cm³/mol. The van der Waals surface area contributed by atoms with Crippen molar-refractivity contribution in [1.29, 1.82) is 0 Å². The molecule has 7 aromatic rings. The Morgan fingerprint density at radius 3 is 1.65 bits per heavy atom. The van der Waals surface area contributed by atoms with Gasteiger partial charge in [0.15, 0.2) is 0 Å². The van der Waals surface area contributed by atoms with Crippen molar-refractivity contribution in [3.63, 3.8) is 0 Å². The van der Waals surface area contributed by atoms with E-state index in [0.717, 1.165) is 46.4 Å². The summed E-state index contributed by atoms with van der Waals surface area (Å²) in [5.74, 6) is -2.06. The second-order valence-corrected chi connectivity index (χ2v) is 27.3. The highest BCUT2D eigenvalue weighted by Crippen LogP contribution is 2.49. The van der Waals surface area contributed by atoms with Crippen LogP contribution in [0.4, 0.5) is 5.69 Å². The summed E-state index contributed by atoms with van der Waals surface area (Å²) in [6, 6.07) is 34.6. The van der Waals surface area contributed by atoms with Gasteiger partial charge in [0.2, 0.25) is 11.8 Å². The lowest BCUT2D eigenvalue weighted by atomic mass is 9.63. The van der Waals surface area contributed by atoms with Gasteiger partial charge in [-0.2, -0.15) is 10.2 Å². The van der Waals surface area contributed by atoms with Crippen LogP contribution >= 0.6 is 0 Å². The van der Waals surface area contributed by atoms with Crippen LogP contribution in [-0.2, 0) is 31.2 Å². The molecule has 10 rings (SSSR count). The van der Waals surface area contributed by atoms with Gasteiger partial charge in [0.1, 0.15) is 5.75 Å². The maximum absolute atomic E-state index is 12.1. The number of aromatic hydroxyl groups is 1. The standard InChI is InChI=1S/C28H35NO3.C24H26N2O3.C24H26N2O2/c1-20(12-17-26-22(3)11-8-18-28(26,5)6)9-7-10-21(2)19-27(31)32-25-15-13-24(14-16-25)29-23(4)30;1-23(2)11-12-24(3,4)19-13-16(7-10-18(19)23)20-14-21(27)26(25-20)17-8-5-15(6-9-17)22(28)29;1-23(2)11-12-24(3,4)21-13-17(7-10-20(21)23)18-14-25-26(15-18)19-8-5-16(6-9-19)22(27)28/h7,9-10,12-17,19H,8,11,18H2,1-6H3,(H,29,30);5-10,13-14,27H,11-12H2,1-4H3,(H,28,29);5-10,13-15H,11-12H2,1-4H3,(H,27,28). The largest absolute Gasteiger partial charge is 0.493 e. The highest BCUT2D eigenvalue weighted by atomic mass is 16.5. The zero-order valence-electron chi connectivity index (χ0n) is 54.2. The predicted octanol–water partition coefficient (Wildman–Crippen LogP) is 18.0. The smallest absolute Gasteiger partial charge is 0.336 e. The fourth-order valence-electron chi connectivity index (χ4n) is 12.2. The van der Waals surface area contributed by atoms with E-state index >= 15 is 0 Å². The molecule has 0 spiro atoms. The molecule has 0 aliphatic heterocycles. The first-order valence-corrected chi connectivity index (χ1v) is 30.7. The molecule has 1 amide bonds. The van der Waals surface area contributed by atoms with Crippen LogP contribution in [0, 0.1) is 5.41 Å². The van der Waals surface area contributed by atoms with Crippen molar-refractivity contribution in [1.82, 2.24) is 19.6 Å². The van der Waals surface area contributed by atoms with Crippen molar-refractivity contribution in [3.05, 3.63) is 220 Å². The van der Waals surface area contributed by atoms with Crippen LogP contribution in [0.15, 0.2) is 186 Å². The van der Waals surface area contributed by atoms with E-state index in [4.69, 9.17) is 14.9 Å². The van der Waals surface area contributed by atoms with Gasteiger partial charge in [-0.05, 0) is 211 Å². The number of carbonyl (C=O) groups excluding carboxylic acids is 2. The normalized spacial score (nSPS) is 17.1. The molecule has 3 aliphatic carbocycles. The van der Waals surface area contributed by atoms with Crippen LogP contribution in [0.3, 0.4) is 0 Å². The number of carboxylic acids is 2. The second-order valence-electron chi connectivity index (χ2n) is 27.3. The highest BCUT2D eigenvalue weighted by molar-refractivity contribution is 5.90. The fraction of sp³-hybridized carbons (Fsp3) is 0.342. The van der Waals surface area contributed by atoms with Gasteiger partial charge in [0.05, 0.1) is 34.4 Å². The first-order valence-electron chi connectivity index (χ1n) is 30.7. The molecule has 13 nitrogen and oxygen atoms in total. The molecule has 2 heterocycles. The van der Waals surface area contributed by atoms with Crippen LogP contribution in [-0.4, -0.2) is 58.7 Å². The number of esters is 1. The number of fused-ring (bicyclic) bond motifs is 2. The SMILES string of the molecule is CC(=O)Nc1ccc(OC(=O)C=C(C)C=CC=C(C)C=CC2=C(C)CCCC2(C)C)cc1.CC1(C)CCC(C)(C)c2cc(-c3cc(O)n(-c4ccc(C(=O)O)cc4)n3)ccc21.CC1(C)CCC(C)(C)c2cc(-c3cnn(-c4ccc(C(=O)O)cc4)c3)ccc21. The lowest BCUT2D eigenvalue weighted by Crippen LogP contribution is -2.33. The Bertz CT molecular complexity index is 3930. The first kappa shape index (κ1) is 65.9. The number of nitrogens with one attached hydrogen (secondary N) is 1. The van der Waals surface area contributed by atoms with Crippen LogP contribution in [0.25, 0.3) is 33.8 Å². The zero-order valence-corrected chi connectivity index (χ0v) is 54.2. The Morgan fingerprint density at radius 1 is 0.584 bits per heavy atom. The average molecular weight is 1200 g/mol. The Balaban J connectivity index is 0.000000173. The summed E-state index contributed by atoms with van der Waals surface area (Å²) in [5.41, 5.74) is 17.8. The Hall–Kier alpha value is -9.10. The van der Waals surface area contributed by atoms with Gasteiger partial charge in [0, 0.05) is 42.1 Å². The molecule has 0 bridgehead atoms. The number of rotatable bonds is 13. The molecule has 13 heteroatoms. The second kappa shape index (κ2) is 26.7. The van der Waals surface area contributed by atoms with Crippen LogP contribution in [0.2, 0.25) is 0 Å². The van der Waals surface area contributed by atoms with Crippen molar-refractivity contribution in [2.24, 2.45) is 5.41 Å². The number of ether oxygens (including phenoxy) is 1. The maximum Gasteiger partial charge on any atom is 0.336 e. The molecule has 2 aromatic heterocycles. The van der Waals surface area contributed by atoms with E-state index in [-0.39, 0.29) is 50.0 Å². The minimum absolute atomic E-state index is 0.0142. The summed E-state index contributed by atoms with van der Waals surface area (Å²) in [7, 11) is 0. The zero-order chi connectivity index (χ0) is 64.8. The Kier molecular flexibility index (Phi) is 19.8. The summed E-state index contributed by atoms with van der Waals surface area (Å²) in [5, 5.41) is 40.3. The molecule has 0 saturated heterocycles. The number of benzene rings is 5. The van der Waals surface area contributed by atoms with Gasteiger partial charge in [0.25, 0.3) is 0 Å². The molecule has 0 unspecified atom stereocenters. The summed E-state index contributed by atoms with van der Waals surface area (Å²) < 4.78 is 8.53. The molecule has 5 aromatic carbocycles. The molecule has 3 aliphatic rings. The summed E-state index contributed by atoms with van der Waals surface area (Å²) >= 11 is 0. The monoisotopic (exact) mass is 1200 g/mol. The number of carboxylic acid groups (broad SMARTS) is 2. The molecular weight excluding hydrogens is 1110 g/mol. The quantitative estimate of drug-likeness (QED) is 0.0375. The van der Waals surface area contributed by atoms with Gasteiger partial charge < -0.3 is 25.4 Å². The maximum atomic E-state index is 12.1. The lowest BCUT2D eigenvalue weighted by Gasteiger charge is -2.42. The summed E-state index contributed by atoms with van der Waals surface area (Å²) in [6.45, 7) is 30.7. The lowest BCUT2D eigenvalue weighted by molar-refractivity contribution is -0.129. The number of amides is 1. The van der Waals surface area contributed by atoms with Gasteiger partial charge in [-0.15, -0.1) is 0 Å². The number of carbonyl (C=O) groups is 4. The molecule has 89 heavy (non-hydrogen) atoms. The third-order valence-corrected chi connectivity index (χ3v) is 17.9. The van der Waals surface area contributed by atoms with Crippen molar-refractivity contribution in [2.75, 3.05) is 5.32 Å². The number of hydrogen-bond acceptors (Lipinski definition) is 8. The number of anilines is 1. The van der Waals surface area contributed by atoms with Gasteiger partial charge in [-0.25, -0.2) is 23.7 Å². The molecule has 0 radical (unpaired) electrons. The molecule has 464 valence electrons. The minimum atomic E-state index is -0.985. The van der Waals surface area contributed by atoms with Crippen molar-refractivity contribution >= 4 is 29.5 Å². The topological polar surface area (TPSA) is 186 Å². The van der Waals surface area contributed by atoms with Gasteiger partial charge in [-0.3, -0.25) is 4.79 Å². The third kappa shape index (κ3) is 16.2. The van der Waals surface area contributed by atoms with E-state index in [1.807, 2.05) is 37.5 Å². The summed E-state index contributed by atoms with van der Waals surface area (Å²) in [6.07, 6.45) is 24.0. The van der Waals surface area contributed by atoms with E-state index in [0.29, 0.717) is 22.8 Å². The van der Waals surface area contributed by atoms with Crippen molar-refractivity contribution in [3.8, 4) is 45.4 Å². The molecule has 0 atom stereocenters. The molecule has 0 fully saturated rings. The van der Waals surface area contributed by atoms with E-state index in [2.05, 4.69) is 147 Å². The minimum Gasteiger partial charge on any atom is -0.493 e. The van der Waals surface area contributed by atoms with Crippen molar-refractivity contribution < 1.29 is 39.2 Å². The molecule has 0 saturated carbocycles. The fourth-order valence-corrected chi connectivity index (χ4v) is 12.2.